The first kappa shape index (κ1) is 30.0. The number of hydrogen-bond donors (Lipinski definition) is 4. The topological polar surface area (TPSA) is 98.0 Å². The van der Waals surface area contributed by atoms with Gasteiger partial charge in [0.15, 0.2) is 0 Å². The molecular formula is C12H31Na2O5P. The van der Waals surface area contributed by atoms with Gasteiger partial charge in [0.2, 0.25) is 0 Å². The van der Waals surface area contributed by atoms with E-state index >= 15 is 0 Å². The van der Waals surface area contributed by atoms with E-state index in [9.17, 15) is 0 Å². The average Bonchev–Trinajstić information content (AvgIpc) is 2.25. The summed E-state index contributed by atoms with van der Waals surface area (Å²) in [5.74, 6) is 0. The van der Waals surface area contributed by atoms with Crippen LogP contribution in [-0.4, -0.2) is 85.5 Å². The second-order valence-electron chi connectivity index (χ2n) is 4.42. The van der Waals surface area contributed by atoms with E-state index in [1.807, 2.05) is 0 Å². The Labute approximate surface area is 167 Å². The van der Waals surface area contributed by atoms with E-state index in [0.717, 1.165) is 6.42 Å². The van der Waals surface area contributed by atoms with Crippen LogP contribution in [0.5, 0.6) is 0 Å². The van der Waals surface area contributed by atoms with Crippen LogP contribution in [0.3, 0.4) is 0 Å². The molecule has 0 spiro atoms. The Kier molecular flexibility index (Phi) is 35.0. The Balaban J connectivity index is -0.000000158. The first-order chi connectivity index (χ1) is 8.41. The van der Waals surface area contributed by atoms with Gasteiger partial charge < -0.3 is 19.8 Å². The SMILES string of the molecule is CCCCCCCCCCCCO.O=P(O)(O)O.[NaH].[NaH]. The number of aliphatic hydroxyl groups excluding tert-OH is 1. The van der Waals surface area contributed by atoms with Crippen LogP contribution in [-0.2, 0) is 4.57 Å². The van der Waals surface area contributed by atoms with Gasteiger partial charge >= 0.3 is 66.9 Å². The maximum atomic E-state index is 8.88. The van der Waals surface area contributed by atoms with Crippen molar-refractivity contribution in [3.8, 4) is 0 Å². The van der Waals surface area contributed by atoms with Gasteiger partial charge in [-0.05, 0) is 6.42 Å². The Hall–Kier alpha value is 2.07. The molecule has 0 fully saturated rings. The first-order valence-electron chi connectivity index (χ1n) is 6.81. The van der Waals surface area contributed by atoms with Crippen molar-refractivity contribution in [1.29, 1.82) is 0 Å². The molecule has 0 amide bonds. The zero-order chi connectivity index (χ0) is 14.3. The molecule has 0 radical (unpaired) electrons. The molecule has 5 nitrogen and oxygen atoms in total. The average molecular weight is 332 g/mol. The Morgan fingerprint density at radius 3 is 1.20 bits per heavy atom. The Bertz CT molecular complexity index is 184. The molecule has 0 atom stereocenters. The third-order valence-corrected chi connectivity index (χ3v) is 2.51. The maximum absolute atomic E-state index is 8.88. The first-order valence-corrected chi connectivity index (χ1v) is 8.37. The van der Waals surface area contributed by atoms with Gasteiger partial charge in [-0.25, -0.2) is 4.57 Å². The summed E-state index contributed by atoms with van der Waals surface area (Å²) in [7, 11) is -4.64. The van der Waals surface area contributed by atoms with Crippen LogP contribution in [0.1, 0.15) is 71.1 Å². The number of phosphoric acid groups is 1. The summed E-state index contributed by atoms with van der Waals surface area (Å²) in [6, 6.07) is 0. The van der Waals surface area contributed by atoms with Crippen molar-refractivity contribution in [3.05, 3.63) is 0 Å². The van der Waals surface area contributed by atoms with Crippen molar-refractivity contribution >= 4 is 66.9 Å². The third-order valence-electron chi connectivity index (χ3n) is 2.51. The molecule has 0 heterocycles. The molecule has 0 aromatic rings. The van der Waals surface area contributed by atoms with E-state index < -0.39 is 7.82 Å². The van der Waals surface area contributed by atoms with E-state index in [1.165, 1.54) is 57.8 Å². The Morgan fingerprint density at radius 1 is 0.700 bits per heavy atom. The molecule has 116 valence electrons. The fourth-order valence-electron chi connectivity index (χ4n) is 1.60. The van der Waals surface area contributed by atoms with Crippen LogP contribution >= 0.6 is 7.82 Å². The van der Waals surface area contributed by atoms with Crippen molar-refractivity contribution in [2.45, 2.75) is 71.1 Å². The second kappa shape index (κ2) is 23.3. The number of rotatable bonds is 10. The van der Waals surface area contributed by atoms with E-state index in [1.54, 1.807) is 0 Å². The van der Waals surface area contributed by atoms with Gasteiger partial charge in [-0.2, -0.15) is 0 Å². The summed E-state index contributed by atoms with van der Waals surface area (Å²) >= 11 is 0. The van der Waals surface area contributed by atoms with Crippen LogP contribution < -0.4 is 0 Å². The molecule has 0 saturated carbocycles. The quantitative estimate of drug-likeness (QED) is 0.277. The van der Waals surface area contributed by atoms with Gasteiger partial charge in [-0.1, -0.05) is 64.7 Å². The number of unbranched alkanes of at least 4 members (excludes halogenated alkanes) is 9. The van der Waals surface area contributed by atoms with Crippen LogP contribution in [0.25, 0.3) is 0 Å². The van der Waals surface area contributed by atoms with Crippen molar-refractivity contribution in [2.75, 3.05) is 6.61 Å². The van der Waals surface area contributed by atoms with E-state index in [2.05, 4.69) is 6.92 Å². The van der Waals surface area contributed by atoms with Gasteiger partial charge in [0.05, 0.1) is 0 Å². The minimum atomic E-state index is -4.64. The van der Waals surface area contributed by atoms with Crippen LogP contribution in [0.15, 0.2) is 0 Å². The van der Waals surface area contributed by atoms with Crippen LogP contribution in [0.2, 0.25) is 0 Å². The zero-order valence-electron chi connectivity index (χ0n) is 11.4. The van der Waals surface area contributed by atoms with Crippen LogP contribution in [0.4, 0.5) is 0 Å². The predicted molar refractivity (Wildman–Crippen MR) is 87.5 cm³/mol. The van der Waals surface area contributed by atoms with Gasteiger partial charge in [-0.3, -0.25) is 0 Å². The molecule has 0 aliphatic carbocycles. The molecule has 0 saturated heterocycles. The summed E-state index contributed by atoms with van der Waals surface area (Å²) in [6.07, 6.45) is 13.3. The molecule has 0 unspecified atom stereocenters. The van der Waals surface area contributed by atoms with Crippen molar-refractivity contribution in [2.24, 2.45) is 0 Å². The zero-order valence-corrected chi connectivity index (χ0v) is 12.3. The monoisotopic (exact) mass is 332 g/mol. The molecule has 20 heavy (non-hydrogen) atoms. The van der Waals surface area contributed by atoms with Gasteiger partial charge in [0, 0.05) is 6.61 Å². The molecule has 0 aromatic heterocycles. The number of hydrogen-bond acceptors (Lipinski definition) is 2. The summed E-state index contributed by atoms with van der Waals surface area (Å²) in [5.41, 5.74) is 0. The van der Waals surface area contributed by atoms with Crippen molar-refractivity contribution in [1.82, 2.24) is 0 Å². The third kappa shape index (κ3) is 50.1. The number of aliphatic hydroxyl groups is 1. The summed E-state index contributed by atoms with van der Waals surface area (Å²) in [4.78, 5) is 21.6. The molecule has 4 N–H and O–H groups in total. The molecule has 0 aliphatic rings. The van der Waals surface area contributed by atoms with E-state index in [-0.39, 0.29) is 59.1 Å². The van der Waals surface area contributed by atoms with Crippen LogP contribution in [0, 0.1) is 0 Å². The minimum absolute atomic E-state index is 0. The molecule has 0 aliphatic heterocycles. The van der Waals surface area contributed by atoms with E-state index in [4.69, 9.17) is 24.4 Å². The fraction of sp³-hybridized carbons (Fsp3) is 1.00. The molecule has 0 rings (SSSR count). The molecule has 0 bridgehead atoms. The molecule has 8 heteroatoms. The molecule has 0 aromatic carbocycles. The van der Waals surface area contributed by atoms with Crippen molar-refractivity contribution in [3.63, 3.8) is 0 Å². The fourth-order valence-corrected chi connectivity index (χ4v) is 1.60. The van der Waals surface area contributed by atoms with Gasteiger partial charge in [-0.15, -0.1) is 0 Å². The van der Waals surface area contributed by atoms with Gasteiger partial charge in [0.1, 0.15) is 0 Å². The summed E-state index contributed by atoms with van der Waals surface area (Å²) in [5, 5.41) is 8.57. The normalized spacial score (nSPS) is 9.85. The second-order valence-corrected chi connectivity index (χ2v) is 5.45. The predicted octanol–water partition coefficient (Wildman–Crippen LogP) is 1.67. The standard InChI is InChI=1S/C12H26O.2Na.H3O4P.2H/c1-2-3-4-5-6-7-8-9-10-11-12-13;;;1-5(2,3)4;;/h13H,2-12H2,1H3;;;(H3,1,2,3,4);;. The molecular weight excluding hydrogens is 301 g/mol. The van der Waals surface area contributed by atoms with Gasteiger partial charge in [0.25, 0.3) is 0 Å². The summed E-state index contributed by atoms with van der Waals surface area (Å²) < 4.78 is 8.88. The summed E-state index contributed by atoms with van der Waals surface area (Å²) in [6.45, 7) is 2.63. The van der Waals surface area contributed by atoms with Crippen molar-refractivity contribution < 1.29 is 24.4 Å². The Morgan fingerprint density at radius 2 is 0.950 bits per heavy atom. The van der Waals surface area contributed by atoms with E-state index in [0.29, 0.717) is 6.61 Å².